The third-order valence-electron chi connectivity index (χ3n) is 3.85. The fourth-order valence-corrected chi connectivity index (χ4v) is 2.52. The highest BCUT2D eigenvalue weighted by atomic mass is 16.2. The number of hydrogen-bond acceptors (Lipinski definition) is 3. The van der Waals surface area contributed by atoms with Crippen molar-refractivity contribution in [1.29, 1.82) is 0 Å². The number of anilines is 1. The highest BCUT2D eigenvalue weighted by Crippen LogP contribution is 2.24. The molecule has 0 aliphatic carbocycles. The molecule has 2 aromatic rings. The van der Waals surface area contributed by atoms with Gasteiger partial charge >= 0.3 is 6.03 Å². The number of aryl methyl sites for hydroxylation is 2. The Morgan fingerprint density at radius 2 is 1.58 bits per heavy atom. The summed E-state index contributed by atoms with van der Waals surface area (Å²) in [4.78, 5) is 38.0. The van der Waals surface area contributed by atoms with Crippen molar-refractivity contribution in [3.8, 4) is 0 Å². The Hall–Kier alpha value is -3.21. The first-order valence-corrected chi connectivity index (χ1v) is 7.51. The van der Waals surface area contributed by atoms with E-state index in [-0.39, 0.29) is 5.57 Å². The highest BCUT2D eigenvalue weighted by Gasteiger charge is 2.37. The average Bonchev–Trinajstić information content (AvgIpc) is 2.55. The first-order valence-electron chi connectivity index (χ1n) is 7.51. The number of imide groups is 2. The molecule has 0 atom stereocenters. The number of nitrogens with one attached hydrogen (secondary N) is 1. The lowest BCUT2D eigenvalue weighted by Gasteiger charge is -2.27. The number of nitrogens with zero attached hydrogens (tertiary/aromatic N) is 1. The molecule has 2 aromatic carbocycles. The van der Waals surface area contributed by atoms with Gasteiger partial charge in [0.05, 0.1) is 5.69 Å². The van der Waals surface area contributed by atoms with E-state index in [0.29, 0.717) is 5.69 Å². The van der Waals surface area contributed by atoms with Gasteiger partial charge in [0.2, 0.25) is 0 Å². The molecule has 0 saturated carbocycles. The topological polar surface area (TPSA) is 66.5 Å². The molecule has 1 aliphatic heterocycles. The van der Waals surface area contributed by atoms with Gasteiger partial charge in [0.1, 0.15) is 5.57 Å². The molecule has 0 radical (unpaired) electrons. The number of carbonyl (C=O) groups is 3. The van der Waals surface area contributed by atoms with E-state index in [1.807, 2.05) is 37.3 Å². The van der Waals surface area contributed by atoms with Gasteiger partial charge in [-0.1, -0.05) is 48.0 Å². The van der Waals surface area contributed by atoms with Gasteiger partial charge in [0.25, 0.3) is 11.8 Å². The summed E-state index contributed by atoms with van der Waals surface area (Å²) in [7, 11) is 0. The van der Waals surface area contributed by atoms with E-state index in [1.54, 1.807) is 25.1 Å². The normalized spacial score (nSPS) is 16.5. The maximum Gasteiger partial charge on any atom is 0.335 e. The van der Waals surface area contributed by atoms with E-state index in [2.05, 4.69) is 5.32 Å². The lowest BCUT2D eigenvalue weighted by molar-refractivity contribution is -0.122. The summed E-state index contributed by atoms with van der Waals surface area (Å²) in [6.45, 7) is 3.75. The molecule has 120 valence electrons. The van der Waals surface area contributed by atoms with Crippen LogP contribution in [0.25, 0.3) is 6.08 Å². The van der Waals surface area contributed by atoms with Crippen LogP contribution in [0.2, 0.25) is 0 Å². The van der Waals surface area contributed by atoms with Crippen molar-refractivity contribution < 1.29 is 14.4 Å². The van der Waals surface area contributed by atoms with Crippen LogP contribution in [-0.2, 0) is 9.59 Å². The molecular formula is C19H16N2O3. The minimum atomic E-state index is -0.736. The molecule has 1 fully saturated rings. The molecule has 5 nitrogen and oxygen atoms in total. The van der Waals surface area contributed by atoms with Crippen LogP contribution in [0.3, 0.4) is 0 Å². The molecule has 0 bridgehead atoms. The van der Waals surface area contributed by atoms with Crippen LogP contribution in [0, 0.1) is 13.8 Å². The summed E-state index contributed by atoms with van der Waals surface area (Å²) in [5, 5.41) is 2.23. The van der Waals surface area contributed by atoms with Gasteiger partial charge in [-0.05, 0) is 37.1 Å². The lowest BCUT2D eigenvalue weighted by Crippen LogP contribution is -2.54. The average molecular weight is 320 g/mol. The van der Waals surface area contributed by atoms with Crippen molar-refractivity contribution in [3.05, 3.63) is 70.8 Å². The maximum atomic E-state index is 12.7. The Morgan fingerprint density at radius 1 is 0.917 bits per heavy atom. The summed E-state index contributed by atoms with van der Waals surface area (Å²) in [6.07, 6.45) is 1.49. The zero-order valence-electron chi connectivity index (χ0n) is 13.4. The van der Waals surface area contributed by atoms with Crippen molar-refractivity contribution in [3.63, 3.8) is 0 Å². The van der Waals surface area contributed by atoms with Crippen LogP contribution < -0.4 is 10.2 Å². The van der Waals surface area contributed by atoms with Gasteiger partial charge in [-0.2, -0.15) is 0 Å². The second-order valence-corrected chi connectivity index (χ2v) is 5.66. The maximum absolute atomic E-state index is 12.7. The molecule has 0 aromatic heterocycles. The molecule has 1 saturated heterocycles. The quantitative estimate of drug-likeness (QED) is 0.683. The molecule has 1 N–H and O–H groups in total. The van der Waals surface area contributed by atoms with Crippen molar-refractivity contribution in [1.82, 2.24) is 5.32 Å². The van der Waals surface area contributed by atoms with Gasteiger partial charge in [-0.25, -0.2) is 9.69 Å². The standard InChI is InChI=1S/C19H16N2O3/c1-12-7-9-14(10-8-12)11-15-17(22)20-19(24)21(18(15)23)16-6-4-3-5-13(16)2/h3-11H,1-2H3,(H,20,22,24)/b15-11+. The van der Waals surface area contributed by atoms with E-state index in [1.165, 1.54) is 6.08 Å². The molecular weight excluding hydrogens is 304 g/mol. The number of barbiturate groups is 1. The van der Waals surface area contributed by atoms with Crippen LogP contribution in [0.4, 0.5) is 10.5 Å². The zero-order chi connectivity index (χ0) is 17.3. The predicted molar refractivity (Wildman–Crippen MR) is 91.4 cm³/mol. The number of hydrogen-bond donors (Lipinski definition) is 1. The van der Waals surface area contributed by atoms with Crippen LogP contribution >= 0.6 is 0 Å². The van der Waals surface area contributed by atoms with E-state index in [4.69, 9.17) is 0 Å². The van der Waals surface area contributed by atoms with Gasteiger partial charge < -0.3 is 0 Å². The summed E-state index contributed by atoms with van der Waals surface area (Å²) in [6, 6.07) is 13.7. The van der Waals surface area contributed by atoms with Crippen LogP contribution in [0.15, 0.2) is 54.1 Å². The smallest absolute Gasteiger partial charge is 0.273 e. The summed E-state index contributed by atoms with van der Waals surface area (Å²) in [5.74, 6) is -1.31. The van der Waals surface area contributed by atoms with Gasteiger partial charge in [-0.3, -0.25) is 14.9 Å². The molecule has 0 unspecified atom stereocenters. The Morgan fingerprint density at radius 3 is 2.25 bits per heavy atom. The molecule has 3 rings (SSSR count). The number of rotatable bonds is 2. The molecule has 24 heavy (non-hydrogen) atoms. The molecule has 1 aliphatic rings. The van der Waals surface area contributed by atoms with Crippen LogP contribution in [0.1, 0.15) is 16.7 Å². The zero-order valence-corrected chi connectivity index (χ0v) is 13.4. The van der Waals surface area contributed by atoms with Crippen molar-refractivity contribution in [2.75, 3.05) is 4.90 Å². The Balaban J connectivity index is 2.03. The largest absolute Gasteiger partial charge is 0.335 e. The van der Waals surface area contributed by atoms with Crippen molar-refractivity contribution in [2.45, 2.75) is 13.8 Å². The monoisotopic (exact) mass is 320 g/mol. The van der Waals surface area contributed by atoms with Crippen molar-refractivity contribution in [2.24, 2.45) is 0 Å². The van der Waals surface area contributed by atoms with Crippen LogP contribution in [-0.4, -0.2) is 17.8 Å². The Bertz CT molecular complexity index is 866. The van der Waals surface area contributed by atoms with Gasteiger partial charge in [0.15, 0.2) is 0 Å². The lowest BCUT2D eigenvalue weighted by atomic mass is 10.0. The second-order valence-electron chi connectivity index (χ2n) is 5.66. The minimum absolute atomic E-state index is 0.0679. The van der Waals surface area contributed by atoms with E-state index < -0.39 is 17.8 Å². The number of benzene rings is 2. The first kappa shape index (κ1) is 15.7. The summed E-state index contributed by atoms with van der Waals surface area (Å²) in [5.41, 5.74) is 2.96. The van der Waals surface area contributed by atoms with E-state index in [0.717, 1.165) is 21.6 Å². The van der Waals surface area contributed by atoms with E-state index >= 15 is 0 Å². The van der Waals surface area contributed by atoms with Crippen LogP contribution in [0.5, 0.6) is 0 Å². The van der Waals surface area contributed by atoms with Gasteiger partial charge in [0, 0.05) is 0 Å². The number of para-hydroxylation sites is 1. The third-order valence-corrected chi connectivity index (χ3v) is 3.85. The minimum Gasteiger partial charge on any atom is -0.273 e. The molecule has 0 spiro atoms. The van der Waals surface area contributed by atoms with E-state index in [9.17, 15) is 14.4 Å². The second kappa shape index (κ2) is 6.12. The number of urea groups is 1. The fourth-order valence-electron chi connectivity index (χ4n) is 2.52. The SMILES string of the molecule is Cc1ccc(/C=C2\C(=O)NC(=O)N(c3ccccc3C)C2=O)cc1. The number of amides is 4. The predicted octanol–water partition coefficient (Wildman–Crippen LogP) is 2.97. The highest BCUT2D eigenvalue weighted by molar-refractivity contribution is 6.39. The number of carbonyl (C=O) groups excluding carboxylic acids is 3. The summed E-state index contributed by atoms with van der Waals surface area (Å²) < 4.78 is 0. The molecule has 4 amide bonds. The van der Waals surface area contributed by atoms with Crippen molar-refractivity contribution >= 4 is 29.6 Å². The first-order chi connectivity index (χ1) is 11.5. The van der Waals surface area contributed by atoms with Gasteiger partial charge in [-0.15, -0.1) is 0 Å². The fraction of sp³-hybridized carbons (Fsp3) is 0.105. The Labute approximate surface area is 139 Å². The third kappa shape index (κ3) is 2.84. The molecule has 1 heterocycles. The summed E-state index contributed by atoms with van der Waals surface area (Å²) >= 11 is 0. The molecule has 5 heteroatoms. The Kier molecular flexibility index (Phi) is 4.00.